The van der Waals surface area contributed by atoms with Gasteiger partial charge in [-0.3, -0.25) is 9.69 Å². The highest BCUT2D eigenvalue weighted by Crippen LogP contribution is 2.39. The van der Waals surface area contributed by atoms with Gasteiger partial charge in [-0.2, -0.15) is 0 Å². The van der Waals surface area contributed by atoms with Crippen LogP contribution < -0.4 is 0 Å². The molecular weight excluding hydrogens is 262 g/mol. The molecule has 1 aromatic carbocycles. The molecule has 1 saturated heterocycles. The summed E-state index contributed by atoms with van der Waals surface area (Å²) >= 11 is 0. The van der Waals surface area contributed by atoms with Crippen molar-refractivity contribution < 1.29 is 9.90 Å². The van der Waals surface area contributed by atoms with Crippen LogP contribution in [0.15, 0.2) is 18.2 Å². The second-order valence-corrected chi connectivity index (χ2v) is 6.88. The molecule has 0 bridgehead atoms. The van der Waals surface area contributed by atoms with Gasteiger partial charge in [0.15, 0.2) is 5.78 Å². The molecule has 0 radical (unpaired) electrons. The molecule has 1 aromatic rings. The second-order valence-electron chi connectivity index (χ2n) is 6.88. The summed E-state index contributed by atoms with van der Waals surface area (Å²) < 4.78 is 0. The Morgan fingerprint density at radius 2 is 2.05 bits per heavy atom. The Kier molecular flexibility index (Phi) is 3.89. The monoisotopic (exact) mass is 287 g/mol. The molecule has 3 heteroatoms. The van der Waals surface area contributed by atoms with Crippen LogP contribution in [-0.4, -0.2) is 41.0 Å². The van der Waals surface area contributed by atoms with E-state index in [4.69, 9.17) is 0 Å². The molecule has 1 aliphatic heterocycles. The van der Waals surface area contributed by atoms with Gasteiger partial charge in [0, 0.05) is 24.6 Å². The fourth-order valence-corrected chi connectivity index (χ4v) is 3.98. The van der Waals surface area contributed by atoms with E-state index in [0.29, 0.717) is 11.8 Å². The van der Waals surface area contributed by atoms with Crippen molar-refractivity contribution in [2.45, 2.75) is 45.8 Å². The van der Waals surface area contributed by atoms with E-state index in [9.17, 15) is 9.90 Å². The van der Waals surface area contributed by atoms with Crippen molar-refractivity contribution in [3.63, 3.8) is 0 Å². The Labute approximate surface area is 127 Å². The minimum absolute atomic E-state index is 0.0942. The van der Waals surface area contributed by atoms with Gasteiger partial charge >= 0.3 is 0 Å². The minimum Gasteiger partial charge on any atom is -0.393 e. The zero-order valence-corrected chi connectivity index (χ0v) is 13.2. The standard InChI is InChI=1S/C18H25NO2/c1-11-4-5-12(2)15(8-11)18(21)13(3)19-9-14-6-7-17(20)16(14)10-19/h4-5,8,13-14,16-17,20H,6-7,9-10H2,1-3H3. The molecule has 2 aliphatic rings. The number of aliphatic hydroxyl groups is 1. The fourth-order valence-electron chi connectivity index (χ4n) is 3.98. The Morgan fingerprint density at radius 1 is 1.29 bits per heavy atom. The van der Waals surface area contributed by atoms with Gasteiger partial charge in [0.05, 0.1) is 12.1 Å². The van der Waals surface area contributed by atoms with Gasteiger partial charge in [0.2, 0.25) is 0 Å². The highest BCUT2D eigenvalue weighted by molar-refractivity contribution is 6.01. The molecule has 0 aromatic heterocycles. The van der Waals surface area contributed by atoms with E-state index >= 15 is 0 Å². The maximum absolute atomic E-state index is 12.8. The number of ketones is 1. The molecule has 114 valence electrons. The van der Waals surface area contributed by atoms with Crippen LogP contribution in [0.4, 0.5) is 0 Å². The first-order chi connectivity index (χ1) is 9.97. The Balaban J connectivity index is 1.75. The van der Waals surface area contributed by atoms with Crippen molar-refractivity contribution in [2.75, 3.05) is 13.1 Å². The summed E-state index contributed by atoms with van der Waals surface area (Å²) in [5.74, 6) is 1.17. The molecule has 1 N–H and O–H groups in total. The zero-order chi connectivity index (χ0) is 15.1. The lowest BCUT2D eigenvalue weighted by molar-refractivity contribution is 0.0826. The number of aliphatic hydroxyl groups excluding tert-OH is 1. The maximum Gasteiger partial charge on any atom is 0.179 e. The van der Waals surface area contributed by atoms with Gasteiger partial charge in [0.1, 0.15) is 0 Å². The number of rotatable bonds is 3. The number of carbonyl (C=O) groups excluding carboxylic acids is 1. The van der Waals surface area contributed by atoms with Crippen molar-refractivity contribution >= 4 is 5.78 Å². The second kappa shape index (κ2) is 5.54. The molecular formula is C18H25NO2. The first-order valence-electron chi connectivity index (χ1n) is 8.01. The summed E-state index contributed by atoms with van der Waals surface area (Å²) in [6.45, 7) is 7.86. The lowest BCUT2D eigenvalue weighted by atomic mass is 9.97. The van der Waals surface area contributed by atoms with Gasteiger partial charge in [-0.15, -0.1) is 0 Å². The van der Waals surface area contributed by atoms with Crippen LogP contribution in [0, 0.1) is 25.7 Å². The summed E-state index contributed by atoms with van der Waals surface area (Å²) in [6, 6.07) is 5.98. The average molecular weight is 287 g/mol. The summed E-state index contributed by atoms with van der Waals surface area (Å²) in [7, 11) is 0. The van der Waals surface area contributed by atoms with Crippen LogP contribution in [0.5, 0.6) is 0 Å². The predicted octanol–water partition coefficient (Wildman–Crippen LogP) is 2.58. The summed E-state index contributed by atoms with van der Waals surface area (Å²) in [5.41, 5.74) is 3.03. The Hall–Kier alpha value is -1.19. The molecule has 0 spiro atoms. The summed E-state index contributed by atoms with van der Waals surface area (Å²) in [6.07, 6.45) is 1.87. The molecule has 1 saturated carbocycles. The van der Waals surface area contributed by atoms with Crippen LogP contribution in [0.3, 0.4) is 0 Å². The molecule has 21 heavy (non-hydrogen) atoms. The van der Waals surface area contributed by atoms with Crippen molar-refractivity contribution in [3.05, 3.63) is 34.9 Å². The Morgan fingerprint density at radius 3 is 2.76 bits per heavy atom. The van der Waals surface area contributed by atoms with Crippen LogP contribution in [0.25, 0.3) is 0 Å². The third-order valence-corrected chi connectivity index (χ3v) is 5.43. The fraction of sp³-hybridized carbons (Fsp3) is 0.611. The molecule has 1 heterocycles. The van der Waals surface area contributed by atoms with Crippen molar-refractivity contribution in [1.82, 2.24) is 4.90 Å². The highest BCUT2D eigenvalue weighted by atomic mass is 16.3. The predicted molar refractivity (Wildman–Crippen MR) is 83.5 cm³/mol. The van der Waals surface area contributed by atoms with E-state index in [1.807, 2.05) is 39.0 Å². The van der Waals surface area contributed by atoms with E-state index in [1.165, 1.54) is 0 Å². The van der Waals surface area contributed by atoms with E-state index < -0.39 is 0 Å². The number of nitrogens with zero attached hydrogens (tertiary/aromatic N) is 1. The van der Waals surface area contributed by atoms with Crippen LogP contribution in [0.1, 0.15) is 41.3 Å². The van der Waals surface area contributed by atoms with Gasteiger partial charge < -0.3 is 5.11 Å². The molecule has 3 nitrogen and oxygen atoms in total. The molecule has 0 amide bonds. The maximum atomic E-state index is 12.8. The minimum atomic E-state index is -0.164. The van der Waals surface area contributed by atoms with Crippen molar-refractivity contribution in [3.8, 4) is 0 Å². The zero-order valence-electron chi connectivity index (χ0n) is 13.2. The van der Waals surface area contributed by atoms with Crippen LogP contribution >= 0.6 is 0 Å². The van der Waals surface area contributed by atoms with E-state index in [2.05, 4.69) is 4.90 Å². The van der Waals surface area contributed by atoms with Gasteiger partial charge in [0.25, 0.3) is 0 Å². The number of likely N-dealkylation sites (tertiary alicyclic amines) is 1. The summed E-state index contributed by atoms with van der Waals surface area (Å²) in [5, 5.41) is 10.0. The highest BCUT2D eigenvalue weighted by Gasteiger charge is 2.44. The summed E-state index contributed by atoms with van der Waals surface area (Å²) in [4.78, 5) is 15.1. The lowest BCUT2D eigenvalue weighted by Gasteiger charge is -2.25. The number of hydrogen-bond acceptors (Lipinski definition) is 3. The van der Waals surface area contributed by atoms with Crippen LogP contribution in [-0.2, 0) is 0 Å². The lowest BCUT2D eigenvalue weighted by Crippen LogP contribution is -2.39. The van der Waals surface area contributed by atoms with Crippen molar-refractivity contribution in [1.29, 1.82) is 0 Å². The third kappa shape index (κ3) is 2.65. The normalized spacial score (nSPS) is 30.4. The van der Waals surface area contributed by atoms with Crippen LogP contribution in [0.2, 0.25) is 0 Å². The number of benzene rings is 1. The average Bonchev–Trinajstić information content (AvgIpc) is 3.02. The molecule has 3 rings (SSSR count). The number of fused-ring (bicyclic) bond motifs is 1. The number of aryl methyl sites for hydroxylation is 2. The Bertz CT molecular complexity index is 554. The third-order valence-electron chi connectivity index (χ3n) is 5.43. The first-order valence-corrected chi connectivity index (χ1v) is 8.01. The van der Waals surface area contributed by atoms with E-state index in [0.717, 1.165) is 42.6 Å². The van der Waals surface area contributed by atoms with Gasteiger partial charge in [-0.05, 0) is 51.2 Å². The molecule has 2 fully saturated rings. The topological polar surface area (TPSA) is 40.5 Å². The van der Waals surface area contributed by atoms with Crippen molar-refractivity contribution in [2.24, 2.45) is 11.8 Å². The number of Topliss-reactive ketones (excluding diaryl/α,β-unsaturated/α-hetero) is 1. The van der Waals surface area contributed by atoms with E-state index in [1.54, 1.807) is 0 Å². The van der Waals surface area contributed by atoms with Gasteiger partial charge in [-0.25, -0.2) is 0 Å². The molecule has 1 aliphatic carbocycles. The first kappa shape index (κ1) is 14.7. The largest absolute Gasteiger partial charge is 0.393 e. The van der Waals surface area contributed by atoms with E-state index in [-0.39, 0.29) is 17.9 Å². The SMILES string of the molecule is Cc1ccc(C)c(C(=O)C(C)N2CC3CCC(O)C3C2)c1. The van der Waals surface area contributed by atoms with Gasteiger partial charge in [-0.1, -0.05) is 17.7 Å². The smallest absolute Gasteiger partial charge is 0.179 e. The number of carbonyl (C=O) groups is 1. The molecule has 4 atom stereocenters. The quantitative estimate of drug-likeness (QED) is 0.869. The molecule has 4 unspecified atom stereocenters. The number of hydrogen-bond donors (Lipinski definition) is 1.